The first-order valence-corrected chi connectivity index (χ1v) is 7.20. The number of esters is 1. The molecule has 0 bridgehead atoms. The molecule has 0 rings (SSSR count). The topological polar surface area (TPSA) is 63.6 Å². The predicted octanol–water partition coefficient (Wildman–Crippen LogP) is 3.49. The van der Waals surface area contributed by atoms with Gasteiger partial charge in [0.1, 0.15) is 6.10 Å². The third-order valence-corrected chi connectivity index (χ3v) is 3.25. The Morgan fingerprint density at radius 3 is 2.11 bits per heavy atom. The fourth-order valence-corrected chi connectivity index (χ4v) is 1.95. The van der Waals surface area contributed by atoms with Crippen molar-refractivity contribution in [3.63, 3.8) is 0 Å². The molecule has 4 heteroatoms. The van der Waals surface area contributed by atoms with Crippen LogP contribution in [0.5, 0.6) is 0 Å². The van der Waals surface area contributed by atoms with Crippen molar-refractivity contribution in [1.82, 2.24) is 0 Å². The number of aliphatic carboxylic acids is 1. The van der Waals surface area contributed by atoms with Gasteiger partial charge < -0.3 is 9.84 Å². The number of carboxylic acid groups (broad SMARTS) is 1. The van der Waals surface area contributed by atoms with Gasteiger partial charge in [0.05, 0.1) is 5.92 Å². The van der Waals surface area contributed by atoms with E-state index < -0.39 is 5.97 Å². The standard InChI is InChI=1S/C15H28O4/c1-6-12(7-8-14(16)17)15(18)19-13(11(4)5)9-10(2)3/h10-13H,6-9H2,1-5H3,(H,16,17). The van der Waals surface area contributed by atoms with Gasteiger partial charge in [0, 0.05) is 6.42 Å². The van der Waals surface area contributed by atoms with Crippen LogP contribution in [0.4, 0.5) is 0 Å². The highest BCUT2D eigenvalue weighted by atomic mass is 16.5. The van der Waals surface area contributed by atoms with Crippen molar-refractivity contribution in [3.8, 4) is 0 Å². The zero-order valence-electron chi connectivity index (χ0n) is 12.8. The summed E-state index contributed by atoms with van der Waals surface area (Å²) < 4.78 is 5.58. The maximum Gasteiger partial charge on any atom is 0.309 e. The Morgan fingerprint density at radius 2 is 1.74 bits per heavy atom. The highest BCUT2D eigenvalue weighted by molar-refractivity contribution is 5.74. The van der Waals surface area contributed by atoms with E-state index in [2.05, 4.69) is 13.8 Å². The summed E-state index contributed by atoms with van der Waals surface area (Å²) in [7, 11) is 0. The van der Waals surface area contributed by atoms with E-state index in [-0.39, 0.29) is 30.3 Å². The zero-order chi connectivity index (χ0) is 15.0. The van der Waals surface area contributed by atoms with Gasteiger partial charge >= 0.3 is 11.9 Å². The third-order valence-electron chi connectivity index (χ3n) is 3.25. The van der Waals surface area contributed by atoms with Crippen molar-refractivity contribution in [2.75, 3.05) is 0 Å². The van der Waals surface area contributed by atoms with E-state index in [1.807, 2.05) is 20.8 Å². The molecular formula is C15H28O4. The number of hydrogen-bond donors (Lipinski definition) is 1. The highest BCUT2D eigenvalue weighted by Crippen LogP contribution is 2.20. The minimum Gasteiger partial charge on any atom is -0.481 e. The first kappa shape index (κ1) is 17.9. The summed E-state index contributed by atoms with van der Waals surface area (Å²) in [4.78, 5) is 22.6. The number of ether oxygens (including phenoxy) is 1. The largest absolute Gasteiger partial charge is 0.481 e. The molecule has 0 aliphatic rings. The Labute approximate surface area is 116 Å². The van der Waals surface area contributed by atoms with Crippen molar-refractivity contribution in [1.29, 1.82) is 0 Å². The van der Waals surface area contributed by atoms with Crippen LogP contribution < -0.4 is 0 Å². The van der Waals surface area contributed by atoms with Gasteiger partial charge in [-0.15, -0.1) is 0 Å². The molecule has 4 nitrogen and oxygen atoms in total. The summed E-state index contributed by atoms with van der Waals surface area (Å²) in [6.45, 7) is 10.2. The number of hydrogen-bond acceptors (Lipinski definition) is 3. The van der Waals surface area contributed by atoms with E-state index in [0.29, 0.717) is 18.8 Å². The Hall–Kier alpha value is -1.06. The van der Waals surface area contributed by atoms with Crippen LogP contribution in [0.3, 0.4) is 0 Å². The van der Waals surface area contributed by atoms with Crippen LogP contribution in [0.2, 0.25) is 0 Å². The molecule has 0 fully saturated rings. The second kappa shape index (κ2) is 8.94. The van der Waals surface area contributed by atoms with Crippen LogP contribution >= 0.6 is 0 Å². The number of carbonyl (C=O) groups excluding carboxylic acids is 1. The maximum absolute atomic E-state index is 12.1. The van der Waals surface area contributed by atoms with Gasteiger partial charge in [-0.1, -0.05) is 34.6 Å². The molecule has 0 saturated heterocycles. The van der Waals surface area contributed by atoms with Gasteiger partial charge in [-0.3, -0.25) is 9.59 Å². The Morgan fingerprint density at radius 1 is 1.16 bits per heavy atom. The number of rotatable bonds is 9. The molecule has 0 spiro atoms. The van der Waals surface area contributed by atoms with Crippen LogP contribution in [0.1, 0.15) is 60.3 Å². The van der Waals surface area contributed by atoms with Gasteiger partial charge in [-0.05, 0) is 31.1 Å². The molecule has 0 aromatic heterocycles. The maximum atomic E-state index is 12.1. The minimum atomic E-state index is -0.867. The molecule has 0 aromatic carbocycles. The number of carbonyl (C=O) groups is 2. The van der Waals surface area contributed by atoms with Crippen molar-refractivity contribution in [3.05, 3.63) is 0 Å². The van der Waals surface area contributed by atoms with Crippen LogP contribution in [0.15, 0.2) is 0 Å². The summed E-state index contributed by atoms with van der Waals surface area (Å²) in [5, 5.41) is 8.68. The summed E-state index contributed by atoms with van der Waals surface area (Å²) in [5.74, 6) is -0.663. The molecule has 0 radical (unpaired) electrons. The molecule has 0 aliphatic carbocycles. The quantitative estimate of drug-likeness (QED) is 0.653. The van der Waals surface area contributed by atoms with Crippen molar-refractivity contribution >= 4 is 11.9 Å². The second-order valence-electron chi connectivity index (χ2n) is 5.89. The first-order chi connectivity index (χ1) is 8.77. The summed E-state index contributed by atoms with van der Waals surface area (Å²) in [5.41, 5.74) is 0. The van der Waals surface area contributed by atoms with Crippen molar-refractivity contribution in [2.24, 2.45) is 17.8 Å². The van der Waals surface area contributed by atoms with E-state index in [4.69, 9.17) is 9.84 Å². The molecule has 2 atom stereocenters. The van der Waals surface area contributed by atoms with Gasteiger partial charge in [-0.25, -0.2) is 0 Å². The van der Waals surface area contributed by atoms with Crippen LogP contribution in [-0.2, 0) is 14.3 Å². The van der Waals surface area contributed by atoms with Crippen molar-refractivity contribution in [2.45, 2.75) is 66.4 Å². The fraction of sp³-hybridized carbons (Fsp3) is 0.867. The molecule has 0 saturated carbocycles. The van der Waals surface area contributed by atoms with Gasteiger partial charge in [0.15, 0.2) is 0 Å². The zero-order valence-corrected chi connectivity index (χ0v) is 12.8. The molecule has 2 unspecified atom stereocenters. The highest BCUT2D eigenvalue weighted by Gasteiger charge is 2.25. The van der Waals surface area contributed by atoms with E-state index >= 15 is 0 Å². The Bertz CT molecular complexity index is 284. The molecule has 0 amide bonds. The molecule has 0 aromatic rings. The second-order valence-corrected chi connectivity index (χ2v) is 5.89. The summed E-state index contributed by atoms with van der Waals surface area (Å²) in [6.07, 6.45) is 1.77. The van der Waals surface area contributed by atoms with E-state index in [1.54, 1.807) is 0 Å². The predicted molar refractivity (Wildman–Crippen MR) is 74.8 cm³/mol. The number of carboxylic acids is 1. The molecular weight excluding hydrogens is 244 g/mol. The SMILES string of the molecule is CCC(CCC(=O)O)C(=O)OC(CC(C)C)C(C)C. The van der Waals surface area contributed by atoms with Crippen LogP contribution in [0.25, 0.3) is 0 Å². The van der Waals surface area contributed by atoms with Gasteiger partial charge in [-0.2, -0.15) is 0 Å². The summed E-state index contributed by atoms with van der Waals surface area (Å²) in [6, 6.07) is 0. The van der Waals surface area contributed by atoms with E-state index in [1.165, 1.54) is 0 Å². The molecule has 112 valence electrons. The third kappa shape index (κ3) is 7.85. The lowest BCUT2D eigenvalue weighted by molar-refractivity contribution is -0.157. The van der Waals surface area contributed by atoms with Crippen LogP contribution in [0, 0.1) is 17.8 Å². The lowest BCUT2D eigenvalue weighted by Crippen LogP contribution is -2.29. The van der Waals surface area contributed by atoms with E-state index in [9.17, 15) is 9.59 Å². The monoisotopic (exact) mass is 272 g/mol. The fourth-order valence-electron chi connectivity index (χ4n) is 1.95. The Kier molecular flexibility index (Phi) is 8.44. The average Bonchev–Trinajstić information content (AvgIpc) is 2.27. The van der Waals surface area contributed by atoms with E-state index in [0.717, 1.165) is 6.42 Å². The normalized spacial score (nSPS) is 14.5. The molecule has 1 N–H and O–H groups in total. The average molecular weight is 272 g/mol. The lowest BCUT2D eigenvalue weighted by Gasteiger charge is -2.25. The molecule has 0 heterocycles. The van der Waals surface area contributed by atoms with Gasteiger partial charge in [0.25, 0.3) is 0 Å². The summed E-state index contributed by atoms with van der Waals surface area (Å²) >= 11 is 0. The Balaban J connectivity index is 4.45. The first-order valence-electron chi connectivity index (χ1n) is 7.20. The molecule has 0 aliphatic heterocycles. The van der Waals surface area contributed by atoms with Gasteiger partial charge in [0.2, 0.25) is 0 Å². The van der Waals surface area contributed by atoms with Crippen LogP contribution in [-0.4, -0.2) is 23.1 Å². The molecule has 19 heavy (non-hydrogen) atoms. The smallest absolute Gasteiger partial charge is 0.309 e. The lowest BCUT2D eigenvalue weighted by atomic mass is 9.96. The minimum absolute atomic E-state index is 0.0180. The van der Waals surface area contributed by atoms with Crippen molar-refractivity contribution < 1.29 is 19.4 Å².